The number of rotatable bonds is 4. The van der Waals surface area contributed by atoms with E-state index in [1.54, 1.807) is 6.20 Å². The van der Waals surface area contributed by atoms with Gasteiger partial charge in [-0.25, -0.2) is 4.98 Å². The first-order valence-electron chi connectivity index (χ1n) is 5.44. The first-order chi connectivity index (χ1) is 8.24. The molecule has 0 unspecified atom stereocenters. The molecule has 0 spiro atoms. The van der Waals surface area contributed by atoms with Crippen molar-refractivity contribution >= 4 is 23.1 Å². The van der Waals surface area contributed by atoms with Gasteiger partial charge in [-0.15, -0.1) is 0 Å². The molecule has 3 nitrogen and oxygen atoms in total. The van der Waals surface area contributed by atoms with E-state index in [0.29, 0.717) is 5.69 Å². The van der Waals surface area contributed by atoms with Gasteiger partial charge in [-0.3, -0.25) is 0 Å². The van der Waals surface area contributed by atoms with E-state index in [1.165, 1.54) is 5.56 Å². The summed E-state index contributed by atoms with van der Waals surface area (Å²) in [5, 5.41) is 4.00. The summed E-state index contributed by atoms with van der Waals surface area (Å²) in [5.41, 5.74) is 7.48. The fraction of sp³-hybridized carbons (Fsp3) is 0.154. The lowest BCUT2D eigenvalue weighted by molar-refractivity contribution is 1.01. The van der Waals surface area contributed by atoms with E-state index < -0.39 is 0 Å². The second-order valence-corrected chi connectivity index (χ2v) is 4.22. The zero-order chi connectivity index (χ0) is 12.1. The number of benzene rings is 1. The van der Waals surface area contributed by atoms with E-state index in [-0.39, 0.29) is 0 Å². The number of hydrogen-bond donors (Lipinski definition) is 2. The molecule has 2 aromatic rings. The zero-order valence-corrected chi connectivity index (χ0v) is 10.1. The average Bonchev–Trinajstić information content (AvgIpc) is 2.34. The van der Waals surface area contributed by atoms with Crippen LogP contribution in [-0.4, -0.2) is 11.5 Å². The van der Waals surface area contributed by atoms with Gasteiger partial charge in [0, 0.05) is 11.6 Å². The van der Waals surface area contributed by atoms with Gasteiger partial charge < -0.3 is 11.1 Å². The lowest BCUT2D eigenvalue weighted by Crippen LogP contribution is -2.06. The fourth-order valence-corrected chi connectivity index (χ4v) is 1.62. The van der Waals surface area contributed by atoms with Crippen LogP contribution in [0.2, 0.25) is 5.02 Å². The van der Waals surface area contributed by atoms with Crippen LogP contribution in [0.15, 0.2) is 42.6 Å². The van der Waals surface area contributed by atoms with Crippen LogP contribution in [-0.2, 0) is 6.42 Å². The van der Waals surface area contributed by atoms with Gasteiger partial charge in [-0.2, -0.15) is 0 Å². The van der Waals surface area contributed by atoms with Crippen LogP contribution in [0.3, 0.4) is 0 Å². The summed E-state index contributed by atoms with van der Waals surface area (Å²) in [6, 6.07) is 11.6. The quantitative estimate of drug-likeness (QED) is 0.873. The molecule has 0 aliphatic carbocycles. The standard InChI is InChI=1S/C13H14ClN3/c14-11-3-1-10(2-4-11)7-8-16-13-6-5-12(15)9-17-13/h1-6,9H,7-8,15H2,(H,16,17). The number of halogens is 1. The Hall–Kier alpha value is -1.74. The number of hydrogen-bond acceptors (Lipinski definition) is 3. The Balaban J connectivity index is 1.83. The van der Waals surface area contributed by atoms with Gasteiger partial charge in [-0.1, -0.05) is 23.7 Å². The molecule has 0 saturated heterocycles. The molecule has 0 radical (unpaired) electrons. The maximum absolute atomic E-state index is 5.82. The maximum Gasteiger partial charge on any atom is 0.126 e. The number of nitrogens with one attached hydrogen (secondary N) is 1. The van der Waals surface area contributed by atoms with Crippen LogP contribution >= 0.6 is 11.6 Å². The summed E-state index contributed by atoms with van der Waals surface area (Å²) < 4.78 is 0. The second-order valence-electron chi connectivity index (χ2n) is 3.78. The minimum absolute atomic E-state index is 0.674. The normalized spacial score (nSPS) is 10.2. The van der Waals surface area contributed by atoms with Crippen molar-refractivity contribution in [2.75, 3.05) is 17.6 Å². The molecule has 4 heteroatoms. The molecule has 88 valence electrons. The molecule has 3 N–H and O–H groups in total. The first kappa shape index (κ1) is 11.7. The predicted octanol–water partition coefficient (Wildman–Crippen LogP) is 2.97. The average molecular weight is 248 g/mol. The number of nitrogens with two attached hydrogens (primary N) is 1. The Kier molecular flexibility index (Phi) is 3.83. The Morgan fingerprint density at radius 1 is 1.12 bits per heavy atom. The van der Waals surface area contributed by atoms with Crippen molar-refractivity contribution in [2.24, 2.45) is 0 Å². The number of aromatic nitrogens is 1. The van der Waals surface area contributed by atoms with Crippen molar-refractivity contribution in [3.05, 3.63) is 53.2 Å². The molecule has 0 atom stereocenters. The zero-order valence-electron chi connectivity index (χ0n) is 9.36. The highest BCUT2D eigenvalue weighted by Gasteiger charge is 1.95. The summed E-state index contributed by atoms with van der Waals surface area (Å²) in [6.07, 6.45) is 2.58. The summed E-state index contributed by atoms with van der Waals surface area (Å²) in [4.78, 5) is 4.17. The molecule has 0 saturated carbocycles. The number of nitrogen functional groups attached to an aromatic ring is 1. The largest absolute Gasteiger partial charge is 0.397 e. The second kappa shape index (κ2) is 5.55. The fourth-order valence-electron chi connectivity index (χ4n) is 1.50. The lowest BCUT2D eigenvalue weighted by Gasteiger charge is -2.05. The van der Waals surface area contributed by atoms with Crippen LogP contribution in [0.4, 0.5) is 11.5 Å². The van der Waals surface area contributed by atoms with E-state index in [0.717, 1.165) is 23.8 Å². The highest BCUT2D eigenvalue weighted by Crippen LogP contribution is 2.10. The minimum Gasteiger partial charge on any atom is -0.397 e. The molecule has 0 bridgehead atoms. The van der Waals surface area contributed by atoms with Gasteiger partial charge in [0.15, 0.2) is 0 Å². The maximum atomic E-state index is 5.82. The molecule has 0 aliphatic rings. The number of nitrogens with zero attached hydrogens (tertiary/aromatic N) is 1. The van der Waals surface area contributed by atoms with Crippen molar-refractivity contribution in [2.45, 2.75) is 6.42 Å². The molecular formula is C13H14ClN3. The van der Waals surface area contributed by atoms with Crippen LogP contribution in [0.5, 0.6) is 0 Å². The molecule has 0 fully saturated rings. The van der Waals surface area contributed by atoms with Gasteiger partial charge in [-0.05, 0) is 36.2 Å². The Morgan fingerprint density at radius 3 is 2.53 bits per heavy atom. The van der Waals surface area contributed by atoms with E-state index >= 15 is 0 Å². The SMILES string of the molecule is Nc1ccc(NCCc2ccc(Cl)cc2)nc1. The van der Waals surface area contributed by atoms with Crippen molar-refractivity contribution in [3.8, 4) is 0 Å². The highest BCUT2D eigenvalue weighted by molar-refractivity contribution is 6.30. The lowest BCUT2D eigenvalue weighted by atomic mass is 10.1. The monoisotopic (exact) mass is 247 g/mol. The van der Waals surface area contributed by atoms with Crippen molar-refractivity contribution in [3.63, 3.8) is 0 Å². The number of pyridine rings is 1. The summed E-state index contributed by atoms with van der Waals surface area (Å²) >= 11 is 5.82. The molecule has 1 aromatic heterocycles. The summed E-state index contributed by atoms with van der Waals surface area (Å²) in [7, 11) is 0. The van der Waals surface area contributed by atoms with E-state index in [2.05, 4.69) is 10.3 Å². The highest BCUT2D eigenvalue weighted by atomic mass is 35.5. The Bertz CT molecular complexity index is 420. The summed E-state index contributed by atoms with van der Waals surface area (Å²) in [5.74, 6) is 0.841. The third-order valence-corrected chi connectivity index (χ3v) is 2.67. The molecule has 1 aromatic carbocycles. The van der Waals surface area contributed by atoms with Crippen LogP contribution in [0.1, 0.15) is 5.56 Å². The molecule has 0 amide bonds. The van der Waals surface area contributed by atoms with Crippen LogP contribution in [0, 0.1) is 0 Å². The van der Waals surface area contributed by atoms with Crippen molar-refractivity contribution < 1.29 is 0 Å². The van der Waals surface area contributed by atoms with Gasteiger partial charge in [0.1, 0.15) is 5.82 Å². The Labute approximate surface area is 106 Å². The topological polar surface area (TPSA) is 50.9 Å². The third kappa shape index (κ3) is 3.64. The smallest absolute Gasteiger partial charge is 0.126 e. The van der Waals surface area contributed by atoms with E-state index in [9.17, 15) is 0 Å². The van der Waals surface area contributed by atoms with Gasteiger partial charge in [0.05, 0.1) is 11.9 Å². The molecular weight excluding hydrogens is 234 g/mol. The predicted molar refractivity (Wildman–Crippen MR) is 72.3 cm³/mol. The van der Waals surface area contributed by atoms with Crippen LogP contribution < -0.4 is 11.1 Å². The minimum atomic E-state index is 0.674. The van der Waals surface area contributed by atoms with Gasteiger partial charge in [0.25, 0.3) is 0 Å². The summed E-state index contributed by atoms with van der Waals surface area (Å²) in [6.45, 7) is 0.832. The third-order valence-electron chi connectivity index (χ3n) is 2.42. The van der Waals surface area contributed by atoms with Crippen molar-refractivity contribution in [1.29, 1.82) is 0 Å². The van der Waals surface area contributed by atoms with Gasteiger partial charge >= 0.3 is 0 Å². The first-order valence-corrected chi connectivity index (χ1v) is 5.82. The van der Waals surface area contributed by atoms with Gasteiger partial charge in [0.2, 0.25) is 0 Å². The van der Waals surface area contributed by atoms with Crippen molar-refractivity contribution in [1.82, 2.24) is 4.98 Å². The number of anilines is 2. The molecule has 1 heterocycles. The molecule has 17 heavy (non-hydrogen) atoms. The Morgan fingerprint density at radius 2 is 1.88 bits per heavy atom. The van der Waals surface area contributed by atoms with Crippen LogP contribution in [0.25, 0.3) is 0 Å². The molecule has 2 rings (SSSR count). The van der Waals surface area contributed by atoms with E-state index in [4.69, 9.17) is 17.3 Å². The van der Waals surface area contributed by atoms with E-state index in [1.807, 2.05) is 36.4 Å². The molecule has 0 aliphatic heterocycles.